The molecular weight excluding hydrogens is 687 g/mol. The van der Waals surface area contributed by atoms with Crippen LogP contribution in [0.4, 0.5) is 11.4 Å². The second kappa shape index (κ2) is 16.6. The zero-order chi connectivity index (χ0) is 37.3. The number of hydrogen-bond acceptors (Lipinski definition) is 6. The van der Waals surface area contributed by atoms with Gasteiger partial charge in [-0.1, -0.05) is 84.9 Å². The second-order valence-corrected chi connectivity index (χ2v) is 13.1. The van der Waals surface area contributed by atoms with Gasteiger partial charge in [-0.05, 0) is 78.7 Å². The first kappa shape index (κ1) is 36.2. The molecule has 53 heavy (non-hydrogen) atoms. The molecule has 266 valence electrons. The zero-order valence-electron chi connectivity index (χ0n) is 29.3. The number of amides is 3. The number of ether oxygens (including phenoxy) is 1. The van der Waals surface area contributed by atoms with E-state index in [1.165, 1.54) is 16.4 Å². The van der Waals surface area contributed by atoms with E-state index >= 15 is 0 Å². The van der Waals surface area contributed by atoms with E-state index in [-0.39, 0.29) is 22.9 Å². The van der Waals surface area contributed by atoms with Gasteiger partial charge in [0.2, 0.25) is 5.91 Å². The Hall–Kier alpha value is -6.59. The summed E-state index contributed by atoms with van der Waals surface area (Å²) in [6.45, 7) is 1.78. The number of hydrogen-bond donors (Lipinski definition) is 3. The van der Waals surface area contributed by atoms with Gasteiger partial charge in [-0.2, -0.15) is 0 Å². The molecule has 0 aliphatic carbocycles. The molecule has 1 aromatic heterocycles. The molecule has 1 atom stereocenters. The van der Waals surface area contributed by atoms with Crippen molar-refractivity contribution < 1.29 is 19.1 Å². The average molecular weight is 724 g/mol. The lowest BCUT2D eigenvalue weighted by Crippen LogP contribution is -2.30. The molecule has 6 rings (SSSR count). The number of methoxy groups -OCH3 is 1. The Balaban J connectivity index is 1.26. The van der Waals surface area contributed by atoms with E-state index in [0.717, 1.165) is 5.56 Å². The number of carbonyl (C=O) groups is 3. The lowest BCUT2D eigenvalue weighted by Gasteiger charge is -2.17. The molecule has 0 spiro atoms. The highest BCUT2D eigenvalue weighted by Crippen LogP contribution is 2.37. The monoisotopic (exact) mass is 723 g/mol. The topological polar surface area (TPSA) is 123 Å². The molecule has 0 bridgehead atoms. The molecule has 5 aromatic carbocycles. The van der Waals surface area contributed by atoms with E-state index in [1.54, 1.807) is 105 Å². The minimum atomic E-state index is -0.750. The number of para-hydroxylation sites is 1. The van der Waals surface area contributed by atoms with Crippen LogP contribution in [0.5, 0.6) is 5.75 Å². The molecule has 0 saturated carbocycles. The molecular formula is C42H37N5O5S. The third kappa shape index (κ3) is 8.66. The van der Waals surface area contributed by atoms with Crippen LogP contribution in [0.3, 0.4) is 0 Å². The number of carbonyl (C=O) groups excluding carboxylic acids is 3. The van der Waals surface area contributed by atoms with E-state index in [2.05, 4.69) is 16.0 Å². The fourth-order valence-corrected chi connectivity index (χ4v) is 6.71. The molecule has 1 unspecified atom stereocenters. The number of thioether (sulfide) groups is 1. The molecule has 0 radical (unpaired) electrons. The highest BCUT2D eigenvalue weighted by Gasteiger charge is 2.26. The van der Waals surface area contributed by atoms with E-state index in [1.807, 2.05) is 66.7 Å². The van der Waals surface area contributed by atoms with Crippen LogP contribution in [-0.4, -0.2) is 34.2 Å². The van der Waals surface area contributed by atoms with Gasteiger partial charge in [-0.15, -0.1) is 11.8 Å². The highest BCUT2D eigenvalue weighted by atomic mass is 32.2. The summed E-state index contributed by atoms with van der Waals surface area (Å²) < 4.78 is 8.57. The summed E-state index contributed by atoms with van der Waals surface area (Å²) in [6, 6.07) is 41.3. The number of nitrogens with zero attached hydrogens (tertiary/aromatic N) is 2. The van der Waals surface area contributed by atoms with Crippen LogP contribution in [0, 0.1) is 6.92 Å². The number of rotatable bonds is 12. The minimum absolute atomic E-state index is 0.0195. The molecule has 0 aliphatic heterocycles. The van der Waals surface area contributed by atoms with Gasteiger partial charge in [0.15, 0.2) is 0 Å². The molecule has 1 heterocycles. The zero-order valence-corrected chi connectivity index (χ0v) is 30.1. The van der Waals surface area contributed by atoms with Crippen molar-refractivity contribution in [3.63, 3.8) is 0 Å². The molecule has 10 nitrogen and oxygen atoms in total. The van der Waals surface area contributed by atoms with Crippen LogP contribution < -0.4 is 26.2 Å². The minimum Gasteiger partial charge on any atom is -0.497 e. The lowest BCUT2D eigenvalue weighted by molar-refractivity contribution is -0.116. The Morgan fingerprint density at radius 3 is 2.13 bits per heavy atom. The predicted molar refractivity (Wildman–Crippen MR) is 209 cm³/mol. The first-order chi connectivity index (χ1) is 25.7. The van der Waals surface area contributed by atoms with Gasteiger partial charge in [0.25, 0.3) is 17.4 Å². The van der Waals surface area contributed by atoms with Gasteiger partial charge >= 0.3 is 0 Å². The summed E-state index contributed by atoms with van der Waals surface area (Å²) in [5.41, 5.74) is 3.36. The Morgan fingerprint density at radius 2 is 1.43 bits per heavy atom. The smallest absolute Gasteiger partial charge is 0.295 e. The van der Waals surface area contributed by atoms with Crippen molar-refractivity contribution in [1.82, 2.24) is 14.7 Å². The SMILES string of the molecule is COc1cccc(/C=C(\NC(=O)c2ccccc2)C(=O)Nc2cccc(SC(C(=O)Nc3c(C)n(C)n(-c4ccccc4)c3=O)c3ccccc3)c2)c1. The van der Waals surface area contributed by atoms with Crippen LogP contribution in [0.1, 0.15) is 32.4 Å². The maximum absolute atomic E-state index is 14.1. The first-order valence-electron chi connectivity index (χ1n) is 16.7. The number of benzene rings is 5. The van der Waals surface area contributed by atoms with Gasteiger partial charge in [0.1, 0.15) is 22.4 Å². The van der Waals surface area contributed by atoms with E-state index in [4.69, 9.17) is 4.74 Å². The highest BCUT2D eigenvalue weighted by molar-refractivity contribution is 8.00. The standard InChI is InChI=1S/C42H37N5O5S/c1-28-37(42(51)47(46(28)2)33-21-11-6-12-22-33)45-41(50)38(30-16-7-4-8-17-30)53-35-24-14-20-32(27-35)43-40(49)36(26-29-15-13-23-34(25-29)52-3)44-39(48)31-18-9-5-10-19-31/h4-27,38H,1-3H3,(H,43,49)(H,44,48)(H,45,50)/b36-26-. The predicted octanol–water partition coefficient (Wildman–Crippen LogP) is 7.37. The summed E-state index contributed by atoms with van der Waals surface area (Å²) in [7, 11) is 3.32. The van der Waals surface area contributed by atoms with Crippen LogP contribution in [0.25, 0.3) is 11.8 Å². The van der Waals surface area contributed by atoms with Crippen LogP contribution >= 0.6 is 11.8 Å². The fourth-order valence-electron chi connectivity index (χ4n) is 5.62. The van der Waals surface area contributed by atoms with Crippen molar-refractivity contribution in [2.75, 3.05) is 17.7 Å². The van der Waals surface area contributed by atoms with Gasteiger partial charge in [-0.25, -0.2) is 4.68 Å². The van der Waals surface area contributed by atoms with E-state index < -0.39 is 17.1 Å². The Kier molecular flexibility index (Phi) is 11.4. The van der Waals surface area contributed by atoms with Crippen molar-refractivity contribution in [3.05, 3.63) is 178 Å². The number of anilines is 2. The molecule has 11 heteroatoms. The molecule has 3 N–H and O–H groups in total. The quantitative estimate of drug-likeness (QED) is 0.0895. The van der Waals surface area contributed by atoms with Gasteiger partial charge < -0.3 is 20.7 Å². The maximum atomic E-state index is 14.1. The fraction of sp³-hybridized carbons (Fsp3) is 0.0952. The molecule has 0 aliphatic rings. The average Bonchev–Trinajstić information content (AvgIpc) is 3.40. The van der Waals surface area contributed by atoms with E-state index in [0.29, 0.717) is 38.8 Å². The summed E-state index contributed by atoms with van der Waals surface area (Å²) in [4.78, 5) is 55.3. The third-order valence-corrected chi connectivity index (χ3v) is 9.67. The van der Waals surface area contributed by atoms with Crippen molar-refractivity contribution in [1.29, 1.82) is 0 Å². The summed E-state index contributed by atoms with van der Waals surface area (Å²) >= 11 is 1.28. The Bertz CT molecular complexity index is 2340. The van der Waals surface area contributed by atoms with Crippen LogP contribution in [-0.2, 0) is 16.6 Å². The number of aromatic nitrogens is 2. The molecule has 6 aromatic rings. The first-order valence-corrected chi connectivity index (χ1v) is 17.6. The van der Waals surface area contributed by atoms with Crippen LogP contribution in [0.2, 0.25) is 0 Å². The third-order valence-electron chi connectivity index (χ3n) is 8.42. The van der Waals surface area contributed by atoms with Gasteiger partial charge in [-0.3, -0.25) is 23.9 Å². The van der Waals surface area contributed by atoms with Crippen molar-refractivity contribution in [2.45, 2.75) is 17.1 Å². The van der Waals surface area contributed by atoms with Crippen molar-refractivity contribution >= 4 is 46.9 Å². The van der Waals surface area contributed by atoms with Gasteiger partial charge in [0.05, 0.1) is 18.5 Å². The molecule has 3 amide bonds. The molecule has 0 fully saturated rings. The lowest BCUT2D eigenvalue weighted by atomic mass is 10.1. The maximum Gasteiger partial charge on any atom is 0.295 e. The Labute approximate surface area is 311 Å². The van der Waals surface area contributed by atoms with Crippen molar-refractivity contribution in [3.8, 4) is 11.4 Å². The summed E-state index contributed by atoms with van der Waals surface area (Å²) in [5, 5.41) is 7.81. The normalized spacial score (nSPS) is 11.7. The second-order valence-electron chi connectivity index (χ2n) is 12.0. The summed E-state index contributed by atoms with van der Waals surface area (Å²) in [5.74, 6) is -0.779. The summed E-state index contributed by atoms with van der Waals surface area (Å²) in [6.07, 6.45) is 1.57. The Morgan fingerprint density at radius 1 is 0.774 bits per heavy atom. The van der Waals surface area contributed by atoms with Crippen molar-refractivity contribution in [2.24, 2.45) is 7.05 Å². The largest absolute Gasteiger partial charge is 0.497 e. The van der Waals surface area contributed by atoms with Crippen LogP contribution in [0.15, 0.2) is 155 Å². The molecule has 0 saturated heterocycles. The van der Waals surface area contributed by atoms with E-state index in [9.17, 15) is 19.2 Å². The van der Waals surface area contributed by atoms with Gasteiger partial charge in [0, 0.05) is 23.2 Å². The number of nitrogens with one attached hydrogen (secondary N) is 3.